The lowest BCUT2D eigenvalue weighted by Crippen LogP contribution is -2.32. The first-order valence-corrected chi connectivity index (χ1v) is 8.68. The van der Waals surface area contributed by atoms with Gasteiger partial charge in [0.05, 0.1) is 19.4 Å². The van der Waals surface area contributed by atoms with Crippen LogP contribution in [-0.2, 0) is 9.59 Å². The highest BCUT2D eigenvalue weighted by molar-refractivity contribution is 5.98. The van der Waals surface area contributed by atoms with Crippen molar-refractivity contribution in [3.63, 3.8) is 0 Å². The van der Waals surface area contributed by atoms with Crippen molar-refractivity contribution in [2.75, 3.05) is 29.7 Å². The highest BCUT2D eigenvalue weighted by atomic mass is 16.5. The molecule has 2 amide bonds. The van der Waals surface area contributed by atoms with Crippen molar-refractivity contribution in [2.24, 2.45) is 0 Å². The molecule has 0 aliphatic heterocycles. The summed E-state index contributed by atoms with van der Waals surface area (Å²) >= 11 is 0. The predicted molar refractivity (Wildman–Crippen MR) is 107 cm³/mol. The molecule has 0 radical (unpaired) electrons. The third-order valence-corrected chi connectivity index (χ3v) is 3.72. The SMILES string of the molecule is CCOc1ccc(NC(C)C(=O)Nc2cc(NC(C)=O)ccc2OC)cc1. The average Bonchev–Trinajstić information content (AvgIpc) is 2.63. The van der Waals surface area contributed by atoms with Gasteiger partial charge in [-0.05, 0) is 56.3 Å². The summed E-state index contributed by atoms with van der Waals surface area (Å²) in [4.78, 5) is 23.8. The number of ether oxygens (including phenoxy) is 2. The molecular weight excluding hydrogens is 346 g/mol. The van der Waals surface area contributed by atoms with Crippen LogP contribution in [0.4, 0.5) is 17.1 Å². The fraction of sp³-hybridized carbons (Fsp3) is 0.300. The highest BCUT2D eigenvalue weighted by Gasteiger charge is 2.15. The zero-order chi connectivity index (χ0) is 19.8. The number of hydrogen-bond acceptors (Lipinski definition) is 5. The topological polar surface area (TPSA) is 88.7 Å². The number of carbonyl (C=O) groups excluding carboxylic acids is 2. The van der Waals surface area contributed by atoms with E-state index in [2.05, 4.69) is 16.0 Å². The first kappa shape index (κ1) is 20.1. The third kappa shape index (κ3) is 5.91. The Kier molecular flexibility index (Phi) is 7.05. The van der Waals surface area contributed by atoms with E-state index in [1.165, 1.54) is 14.0 Å². The second-order valence-electron chi connectivity index (χ2n) is 5.91. The molecule has 0 aliphatic rings. The van der Waals surface area contributed by atoms with E-state index in [0.717, 1.165) is 11.4 Å². The first-order chi connectivity index (χ1) is 12.9. The molecule has 0 spiro atoms. The Morgan fingerprint density at radius 3 is 2.30 bits per heavy atom. The van der Waals surface area contributed by atoms with Gasteiger partial charge in [-0.3, -0.25) is 9.59 Å². The van der Waals surface area contributed by atoms with Gasteiger partial charge >= 0.3 is 0 Å². The van der Waals surface area contributed by atoms with E-state index in [0.29, 0.717) is 23.7 Å². The molecule has 0 aliphatic carbocycles. The predicted octanol–water partition coefficient (Wildman–Crippen LogP) is 3.49. The smallest absolute Gasteiger partial charge is 0.246 e. The Morgan fingerprint density at radius 2 is 1.70 bits per heavy atom. The number of rotatable bonds is 8. The van der Waals surface area contributed by atoms with Gasteiger partial charge in [0, 0.05) is 18.3 Å². The fourth-order valence-electron chi connectivity index (χ4n) is 2.46. The Bertz CT molecular complexity index is 790. The lowest BCUT2D eigenvalue weighted by molar-refractivity contribution is -0.116. The van der Waals surface area contributed by atoms with Gasteiger partial charge in [0.1, 0.15) is 17.5 Å². The summed E-state index contributed by atoms with van der Waals surface area (Å²) < 4.78 is 10.7. The molecule has 1 atom stereocenters. The van der Waals surface area contributed by atoms with Crippen LogP contribution in [0.25, 0.3) is 0 Å². The summed E-state index contributed by atoms with van der Waals surface area (Å²) in [5.74, 6) is 0.857. The highest BCUT2D eigenvalue weighted by Crippen LogP contribution is 2.28. The van der Waals surface area contributed by atoms with E-state index in [1.807, 2.05) is 31.2 Å². The average molecular weight is 371 g/mol. The summed E-state index contributed by atoms with van der Waals surface area (Å²) in [5.41, 5.74) is 1.86. The van der Waals surface area contributed by atoms with Gasteiger partial charge in [-0.1, -0.05) is 0 Å². The minimum Gasteiger partial charge on any atom is -0.495 e. The summed E-state index contributed by atoms with van der Waals surface area (Å²) in [6.45, 7) is 5.71. The number of hydrogen-bond donors (Lipinski definition) is 3. The number of methoxy groups -OCH3 is 1. The Labute approximate surface area is 159 Å². The molecule has 7 heteroatoms. The molecule has 2 aromatic rings. The Morgan fingerprint density at radius 1 is 1.04 bits per heavy atom. The number of benzene rings is 2. The molecule has 3 N–H and O–H groups in total. The van der Waals surface area contributed by atoms with Gasteiger partial charge in [-0.2, -0.15) is 0 Å². The van der Waals surface area contributed by atoms with Gasteiger partial charge in [0.15, 0.2) is 0 Å². The van der Waals surface area contributed by atoms with Crippen molar-refractivity contribution in [3.8, 4) is 11.5 Å². The van der Waals surface area contributed by atoms with Crippen molar-refractivity contribution in [1.82, 2.24) is 0 Å². The van der Waals surface area contributed by atoms with Crippen LogP contribution >= 0.6 is 0 Å². The van der Waals surface area contributed by atoms with Crippen LogP contribution in [0.5, 0.6) is 11.5 Å². The zero-order valence-electron chi connectivity index (χ0n) is 16.0. The first-order valence-electron chi connectivity index (χ1n) is 8.68. The van der Waals surface area contributed by atoms with Crippen LogP contribution in [0.2, 0.25) is 0 Å². The van der Waals surface area contributed by atoms with Gasteiger partial charge in [0.2, 0.25) is 11.8 Å². The molecule has 144 valence electrons. The lowest BCUT2D eigenvalue weighted by atomic mass is 10.2. The summed E-state index contributed by atoms with van der Waals surface area (Å²) in [7, 11) is 1.52. The summed E-state index contributed by atoms with van der Waals surface area (Å²) in [5, 5.41) is 8.64. The summed E-state index contributed by atoms with van der Waals surface area (Å²) in [6.07, 6.45) is 0. The van der Waals surface area contributed by atoms with E-state index >= 15 is 0 Å². The van der Waals surface area contributed by atoms with Crippen molar-refractivity contribution in [1.29, 1.82) is 0 Å². The largest absolute Gasteiger partial charge is 0.495 e. The molecule has 7 nitrogen and oxygen atoms in total. The van der Waals surface area contributed by atoms with Crippen LogP contribution in [0.1, 0.15) is 20.8 Å². The monoisotopic (exact) mass is 371 g/mol. The van der Waals surface area contributed by atoms with Gasteiger partial charge in [0.25, 0.3) is 0 Å². The van der Waals surface area contributed by atoms with Crippen molar-refractivity contribution < 1.29 is 19.1 Å². The van der Waals surface area contributed by atoms with E-state index < -0.39 is 6.04 Å². The van der Waals surface area contributed by atoms with Crippen LogP contribution < -0.4 is 25.4 Å². The van der Waals surface area contributed by atoms with Gasteiger partial charge in [-0.15, -0.1) is 0 Å². The van der Waals surface area contributed by atoms with Gasteiger partial charge < -0.3 is 25.4 Å². The number of nitrogens with one attached hydrogen (secondary N) is 3. The maximum Gasteiger partial charge on any atom is 0.246 e. The zero-order valence-corrected chi connectivity index (χ0v) is 16.0. The van der Waals surface area contributed by atoms with Crippen molar-refractivity contribution >= 4 is 28.9 Å². The molecule has 2 aromatic carbocycles. The molecule has 1 unspecified atom stereocenters. The number of anilines is 3. The normalized spacial score (nSPS) is 11.3. The molecule has 0 fully saturated rings. The second-order valence-corrected chi connectivity index (χ2v) is 5.91. The molecule has 0 bridgehead atoms. The van der Waals surface area contributed by atoms with Crippen LogP contribution in [0, 0.1) is 0 Å². The third-order valence-electron chi connectivity index (χ3n) is 3.72. The van der Waals surface area contributed by atoms with Crippen LogP contribution in [0.3, 0.4) is 0 Å². The molecule has 0 saturated carbocycles. The van der Waals surface area contributed by atoms with Crippen LogP contribution in [-0.4, -0.2) is 31.6 Å². The maximum atomic E-state index is 12.5. The molecule has 0 heterocycles. The fourth-order valence-corrected chi connectivity index (χ4v) is 2.46. The minimum absolute atomic E-state index is 0.192. The second kappa shape index (κ2) is 9.47. The van der Waals surface area contributed by atoms with E-state index in [4.69, 9.17) is 9.47 Å². The minimum atomic E-state index is -0.489. The quantitative estimate of drug-likeness (QED) is 0.661. The van der Waals surface area contributed by atoms with E-state index in [9.17, 15) is 9.59 Å². The molecule has 0 saturated heterocycles. The lowest BCUT2D eigenvalue weighted by Gasteiger charge is -2.17. The molecule has 2 rings (SSSR count). The van der Waals surface area contributed by atoms with Crippen LogP contribution in [0.15, 0.2) is 42.5 Å². The standard InChI is InChI=1S/C20H25N3O4/c1-5-27-17-9-6-15(7-10-17)21-13(2)20(25)23-18-12-16(22-14(3)24)8-11-19(18)26-4/h6-13,21H,5H2,1-4H3,(H,22,24)(H,23,25). The Hall–Kier alpha value is -3.22. The molecule has 27 heavy (non-hydrogen) atoms. The Balaban J connectivity index is 2.05. The molecule has 0 aromatic heterocycles. The molecular formula is C20H25N3O4. The summed E-state index contributed by atoms with van der Waals surface area (Å²) in [6, 6.07) is 12.0. The number of carbonyl (C=O) groups is 2. The van der Waals surface area contributed by atoms with Gasteiger partial charge in [-0.25, -0.2) is 0 Å². The van der Waals surface area contributed by atoms with E-state index in [1.54, 1.807) is 25.1 Å². The maximum absolute atomic E-state index is 12.5. The van der Waals surface area contributed by atoms with Crippen molar-refractivity contribution in [3.05, 3.63) is 42.5 Å². The van der Waals surface area contributed by atoms with Crippen molar-refractivity contribution in [2.45, 2.75) is 26.8 Å². The van der Waals surface area contributed by atoms with E-state index in [-0.39, 0.29) is 11.8 Å². The number of amides is 2.